The lowest BCUT2D eigenvalue weighted by Gasteiger charge is -2.11. The first-order valence-corrected chi connectivity index (χ1v) is 8.47. The third-order valence-electron chi connectivity index (χ3n) is 4.41. The van der Waals surface area contributed by atoms with E-state index < -0.39 is 5.97 Å². The molecule has 2 heterocycles. The number of halogens is 1. The minimum Gasteiger partial charge on any atom is -0.508 e. The molecule has 2 aromatic heterocycles. The van der Waals surface area contributed by atoms with Crippen molar-refractivity contribution in [3.8, 4) is 5.75 Å². The third-order valence-corrected chi connectivity index (χ3v) is 4.67. The van der Waals surface area contributed by atoms with Crippen molar-refractivity contribution < 1.29 is 14.6 Å². The number of carbonyl (C=O) groups is 1. The van der Waals surface area contributed by atoms with Crippen molar-refractivity contribution in [2.75, 3.05) is 12.8 Å². The highest BCUT2D eigenvalue weighted by atomic mass is 35.5. The molecule has 0 radical (unpaired) electrons. The van der Waals surface area contributed by atoms with Crippen molar-refractivity contribution in [3.05, 3.63) is 58.7 Å². The van der Waals surface area contributed by atoms with Crippen molar-refractivity contribution in [2.45, 2.75) is 6.54 Å². The van der Waals surface area contributed by atoms with Gasteiger partial charge in [0.25, 0.3) is 0 Å². The van der Waals surface area contributed by atoms with Gasteiger partial charge in [-0.1, -0.05) is 29.8 Å². The number of nitrogens with two attached hydrogens (primary N) is 1. The van der Waals surface area contributed by atoms with Crippen LogP contribution in [0.3, 0.4) is 0 Å². The zero-order valence-corrected chi connectivity index (χ0v) is 15.1. The summed E-state index contributed by atoms with van der Waals surface area (Å²) in [6.45, 7) is 0.258. The van der Waals surface area contributed by atoms with Crippen LogP contribution in [0.15, 0.2) is 42.5 Å². The summed E-state index contributed by atoms with van der Waals surface area (Å²) in [5.74, 6) is -0.334. The number of methoxy groups -OCH3 is 1. The van der Waals surface area contributed by atoms with Crippen molar-refractivity contribution >= 4 is 45.5 Å². The Kier molecular flexibility index (Phi) is 4.08. The smallest absolute Gasteiger partial charge is 0.337 e. The highest BCUT2D eigenvalue weighted by Gasteiger charge is 2.18. The summed E-state index contributed by atoms with van der Waals surface area (Å²) >= 11 is 6.36. The number of nitrogens with zero attached hydrogens (tertiary/aromatic N) is 3. The standard InChI is InChI=1S/C19H15ClN4O3/c1-27-18(26)10-6-7-14(25)11(8-10)9-24-13-5-3-2-4-12(13)15-16(24)17(20)23-19(21)22-15/h2-8,25H,9H2,1H3,(H2,21,22,23). The van der Waals surface area contributed by atoms with Gasteiger partial charge in [-0.15, -0.1) is 0 Å². The Morgan fingerprint density at radius 3 is 2.81 bits per heavy atom. The van der Waals surface area contributed by atoms with Gasteiger partial charge in [-0.05, 0) is 24.3 Å². The number of carbonyl (C=O) groups excluding carboxylic acids is 1. The summed E-state index contributed by atoms with van der Waals surface area (Å²) in [6, 6.07) is 12.2. The third kappa shape index (κ3) is 2.82. The molecular weight excluding hydrogens is 368 g/mol. The van der Waals surface area contributed by atoms with Crippen molar-refractivity contribution in [1.29, 1.82) is 0 Å². The fraction of sp³-hybridized carbons (Fsp3) is 0.105. The number of phenols is 1. The molecule has 0 bridgehead atoms. The Morgan fingerprint density at radius 1 is 1.26 bits per heavy atom. The largest absolute Gasteiger partial charge is 0.508 e. The number of ether oxygens (including phenoxy) is 1. The van der Waals surface area contributed by atoms with E-state index in [2.05, 4.69) is 9.97 Å². The molecule has 0 amide bonds. The number of aromatic hydroxyl groups is 1. The van der Waals surface area contributed by atoms with Gasteiger partial charge >= 0.3 is 5.97 Å². The number of anilines is 1. The SMILES string of the molecule is COC(=O)c1ccc(O)c(Cn2c3ccccc3c3nc(N)nc(Cl)c32)c1. The van der Waals surface area contributed by atoms with Gasteiger partial charge in [0.05, 0.1) is 24.7 Å². The molecule has 4 aromatic rings. The second kappa shape index (κ2) is 6.44. The van der Waals surface area contributed by atoms with Crippen molar-refractivity contribution in [1.82, 2.24) is 14.5 Å². The quantitative estimate of drug-likeness (QED) is 0.416. The average Bonchev–Trinajstić information content (AvgIpc) is 2.97. The summed E-state index contributed by atoms with van der Waals surface area (Å²) < 4.78 is 6.65. The average molecular weight is 383 g/mol. The van der Waals surface area contributed by atoms with Crippen LogP contribution in [0.1, 0.15) is 15.9 Å². The predicted molar refractivity (Wildman–Crippen MR) is 103 cm³/mol. The minimum absolute atomic E-state index is 0.0565. The lowest BCUT2D eigenvalue weighted by atomic mass is 10.1. The maximum Gasteiger partial charge on any atom is 0.337 e. The van der Waals surface area contributed by atoms with E-state index >= 15 is 0 Å². The molecule has 4 rings (SSSR count). The van der Waals surface area contributed by atoms with E-state index in [1.807, 2.05) is 28.8 Å². The zero-order chi connectivity index (χ0) is 19.1. The molecule has 0 aliphatic carbocycles. The van der Waals surface area contributed by atoms with Crippen LogP contribution in [-0.4, -0.2) is 32.7 Å². The van der Waals surface area contributed by atoms with Gasteiger partial charge in [-0.25, -0.2) is 9.78 Å². The molecule has 2 aromatic carbocycles. The normalized spacial score (nSPS) is 11.2. The van der Waals surface area contributed by atoms with E-state index in [0.717, 1.165) is 10.9 Å². The van der Waals surface area contributed by atoms with E-state index in [9.17, 15) is 9.90 Å². The molecule has 0 saturated heterocycles. The molecule has 0 unspecified atom stereocenters. The zero-order valence-electron chi connectivity index (χ0n) is 14.3. The van der Waals surface area contributed by atoms with Gasteiger partial charge in [0, 0.05) is 10.9 Å². The fourth-order valence-corrected chi connectivity index (χ4v) is 3.47. The molecule has 0 spiro atoms. The highest BCUT2D eigenvalue weighted by Crippen LogP contribution is 2.33. The molecular formula is C19H15ClN4O3. The van der Waals surface area contributed by atoms with E-state index in [-0.39, 0.29) is 23.4 Å². The number of benzene rings is 2. The number of fused-ring (bicyclic) bond motifs is 3. The van der Waals surface area contributed by atoms with Gasteiger partial charge in [0.15, 0.2) is 5.15 Å². The van der Waals surface area contributed by atoms with Crippen molar-refractivity contribution in [3.63, 3.8) is 0 Å². The summed E-state index contributed by atoms with van der Waals surface area (Å²) in [5.41, 5.74) is 8.74. The van der Waals surface area contributed by atoms with Crippen LogP contribution in [0, 0.1) is 0 Å². The van der Waals surface area contributed by atoms with E-state index in [1.165, 1.54) is 19.2 Å². The summed E-state index contributed by atoms with van der Waals surface area (Å²) in [7, 11) is 1.31. The van der Waals surface area contributed by atoms with E-state index in [1.54, 1.807) is 6.07 Å². The topological polar surface area (TPSA) is 103 Å². The molecule has 27 heavy (non-hydrogen) atoms. The van der Waals surface area contributed by atoms with Crippen LogP contribution < -0.4 is 5.73 Å². The first-order chi connectivity index (χ1) is 13.0. The van der Waals surface area contributed by atoms with Crippen LogP contribution in [-0.2, 0) is 11.3 Å². The second-order valence-corrected chi connectivity index (χ2v) is 6.37. The van der Waals surface area contributed by atoms with Crippen LogP contribution >= 0.6 is 11.6 Å². The van der Waals surface area contributed by atoms with Gasteiger partial charge < -0.3 is 20.1 Å². The van der Waals surface area contributed by atoms with Crippen LogP contribution in [0.4, 0.5) is 5.95 Å². The van der Waals surface area contributed by atoms with Gasteiger partial charge in [0.2, 0.25) is 5.95 Å². The minimum atomic E-state index is -0.479. The predicted octanol–water partition coefficient (Wildman–Crippen LogP) is 3.36. The van der Waals surface area contributed by atoms with Crippen molar-refractivity contribution in [2.24, 2.45) is 0 Å². The number of rotatable bonds is 3. The first kappa shape index (κ1) is 17.1. The highest BCUT2D eigenvalue weighted by molar-refractivity contribution is 6.35. The van der Waals surface area contributed by atoms with Gasteiger partial charge in [-0.2, -0.15) is 4.98 Å². The number of aromatic nitrogens is 3. The summed E-state index contributed by atoms with van der Waals surface area (Å²) in [5, 5.41) is 11.4. The number of nitrogen functional groups attached to an aromatic ring is 1. The Morgan fingerprint density at radius 2 is 2.04 bits per heavy atom. The molecule has 3 N–H and O–H groups in total. The number of para-hydroxylation sites is 1. The number of phenolic OH excluding ortho intramolecular Hbond substituents is 1. The number of hydrogen-bond acceptors (Lipinski definition) is 6. The summed E-state index contributed by atoms with van der Waals surface area (Å²) in [4.78, 5) is 20.2. The second-order valence-electron chi connectivity index (χ2n) is 6.01. The van der Waals surface area contributed by atoms with Crippen LogP contribution in [0.5, 0.6) is 5.75 Å². The molecule has 136 valence electrons. The number of esters is 1. The van der Waals surface area contributed by atoms with Gasteiger partial charge in [-0.3, -0.25) is 0 Å². The Bertz CT molecular complexity index is 1200. The molecule has 0 aliphatic rings. The van der Waals surface area contributed by atoms with Gasteiger partial charge in [0.1, 0.15) is 16.8 Å². The van der Waals surface area contributed by atoms with E-state index in [4.69, 9.17) is 22.1 Å². The molecule has 0 fully saturated rings. The van der Waals surface area contributed by atoms with E-state index in [0.29, 0.717) is 22.2 Å². The lowest BCUT2D eigenvalue weighted by Crippen LogP contribution is -2.05. The Balaban J connectivity index is 1.96. The monoisotopic (exact) mass is 382 g/mol. The van der Waals surface area contributed by atoms with Crippen LogP contribution in [0.25, 0.3) is 21.9 Å². The lowest BCUT2D eigenvalue weighted by molar-refractivity contribution is 0.0600. The molecule has 0 atom stereocenters. The molecule has 7 nitrogen and oxygen atoms in total. The Labute approximate surface area is 159 Å². The Hall–Kier alpha value is -3.32. The first-order valence-electron chi connectivity index (χ1n) is 8.09. The molecule has 8 heteroatoms. The fourth-order valence-electron chi connectivity index (χ4n) is 3.19. The van der Waals surface area contributed by atoms with Crippen LogP contribution in [0.2, 0.25) is 5.15 Å². The molecule has 0 saturated carbocycles. The maximum atomic E-state index is 11.8. The molecule has 0 aliphatic heterocycles. The summed E-state index contributed by atoms with van der Waals surface area (Å²) in [6.07, 6.45) is 0. The maximum absolute atomic E-state index is 11.8. The number of hydrogen-bond donors (Lipinski definition) is 2.